The number of benzene rings is 9. The first-order valence-corrected chi connectivity index (χ1v) is 27.5. The molecule has 9 aromatic carbocycles. The Morgan fingerprint density at radius 3 is 1.01 bits per heavy atom. The molecule has 0 saturated heterocycles. The fourth-order valence-corrected chi connectivity index (χ4v) is 16.0. The number of hydrogen-bond acceptors (Lipinski definition) is 4. The van der Waals surface area contributed by atoms with E-state index in [9.17, 15) is 0 Å². The van der Waals surface area contributed by atoms with Crippen LogP contribution >= 0.6 is 0 Å². The minimum absolute atomic E-state index is 0.0219. The van der Waals surface area contributed by atoms with Crippen LogP contribution in [0.5, 0.6) is 0 Å². The molecule has 0 aliphatic carbocycles. The molecule has 73 heavy (non-hydrogen) atoms. The van der Waals surface area contributed by atoms with Crippen molar-refractivity contribution in [1.82, 2.24) is 0 Å². The molecule has 0 fully saturated rings. The summed E-state index contributed by atoms with van der Waals surface area (Å²) >= 11 is -0.0219. The van der Waals surface area contributed by atoms with Crippen LogP contribution in [-0.4, -0.2) is 27.9 Å². The molecule has 15 rings (SSSR count). The number of hydrogen-bond donors (Lipinski definition) is 0. The average Bonchev–Trinajstić information content (AvgIpc) is 3.81. The third-order valence-electron chi connectivity index (χ3n) is 16.2. The van der Waals surface area contributed by atoms with Crippen LogP contribution < -0.4 is 50.1 Å². The third-order valence-corrected chi connectivity index (χ3v) is 19.0. The summed E-state index contributed by atoms with van der Waals surface area (Å²) < 4.78 is 3.09. The fourth-order valence-electron chi connectivity index (χ4n) is 12.8. The van der Waals surface area contributed by atoms with Gasteiger partial charge in [0.05, 0.1) is 0 Å². The van der Waals surface area contributed by atoms with Gasteiger partial charge in [0.15, 0.2) is 0 Å². The molecule has 6 heterocycles. The van der Waals surface area contributed by atoms with Crippen molar-refractivity contribution in [1.29, 1.82) is 0 Å². The van der Waals surface area contributed by atoms with Gasteiger partial charge in [0.25, 0.3) is 0 Å². The monoisotopic (exact) mass is 1000 g/mol. The second-order valence-electron chi connectivity index (χ2n) is 22.5. The first kappa shape index (κ1) is 42.9. The maximum atomic E-state index is 2.70. The summed E-state index contributed by atoms with van der Waals surface area (Å²) in [5.41, 5.74) is 28.2. The van der Waals surface area contributed by atoms with Crippen molar-refractivity contribution in [3.63, 3.8) is 0 Å². The van der Waals surface area contributed by atoms with E-state index in [1.165, 1.54) is 123 Å². The van der Waals surface area contributed by atoms with Crippen molar-refractivity contribution in [3.8, 4) is 22.3 Å². The molecular formula is C66H52B2N4Se. The van der Waals surface area contributed by atoms with Crippen molar-refractivity contribution < 1.29 is 0 Å². The molecule has 5 aliphatic rings. The van der Waals surface area contributed by atoms with Gasteiger partial charge in [-0.15, -0.1) is 0 Å². The molecule has 0 spiro atoms. The molecule has 4 nitrogen and oxygen atoms in total. The van der Waals surface area contributed by atoms with E-state index in [4.69, 9.17) is 0 Å². The van der Waals surface area contributed by atoms with Crippen molar-refractivity contribution >= 4 is 127 Å². The molecule has 0 radical (unpaired) electrons. The van der Waals surface area contributed by atoms with Crippen LogP contribution in [0.2, 0.25) is 0 Å². The second-order valence-corrected chi connectivity index (χ2v) is 24.8. The van der Waals surface area contributed by atoms with Gasteiger partial charge in [-0.3, -0.25) is 0 Å². The third kappa shape index (κ3) is 6.16. The number of anilines is 12. The normalized spacial score (nSPS) is 14.3. The van der Waals surface area contributed by atoms with Crippen molar-refractivity contribution in [3.05, 3.63) is 217 Å². The van der Waals surface area contributed by atoms with E-state index in [0.29, 0.717) is 0 Å². The molecule has 0 bridgehead atoms. The summed E-state index contributed by atoms with van der Waals surface area (Å²) in [6.45, 7) is 14.0. The Morgan fingerprint density at radius 2 is 0.644 bits per heavy atom. The standard InChI is InChI=1S/C66H52B2N4Se/c1-65(2,3)45-29-33-47(34-30-45)69-51-25-15-13-23-49(51)67-59-55(69)37-43(41-19-9-7-10-20-41)39-57(59)71-53-27-17-18-28-54(53)72-58-40-44(42-21-11-8-12-22-42)38-56-60(58)68(64-62(72)61(71)63(67)73-64)50-24-14-16-26-52(50)70(56)48-35-31-46(32-36-48)66(4,5)6/h7-40H,1-6H3. The van der Waals surface area contributed by atoms with Crippen LogP contribution in [0.3, 0.4) is 0 Å². The van der Waals surface area contributed by atoms with Gasteiger partial charge in [-0.25, -0.2) is 0 Å². The summed E-state index contributed by atoms with van der Waals surface area (Å²) in [6.07, 6.45) is 0. The summed E-state index contributed by atoms with van der Waals surface area (Å²) in [7, 11) is 0. The van der Waals surface area contributed by atoms with Crippen molar-refractivity contribution in [2.45, 2.75) is 52.4 Å². The topological polar surface area (TPSA) is 13.0 Å². The SMILES string of the molecule is CC(C)(C)c1ccc(N2c3ccccc3B3c4[se]c5c6c4N(c4ccccc4N6c4cc(-c6ccccc6)cc6c4B5c4ccccc4N6c4ccc(C(C)(C)C)cc4)c4cc(-c5ccccc5)cc2c43)cc1. The molecule has 0 atom stereocenters. The number of para-hydroxylation sites is 4. The first-order valence-electron chi connectivity index (χ1n) is 25.8. The van der Waals surface area contributed by atoms with Gasteiger partial charge in [0, 0.05) is 0 Å². The van der Waals surface area contributed by atoms with E-state index >= 15 is 0 Å². The number of fused-ring (bicyclic) bond motifs is 11. The fraction of sp³-hybridized carbons (Fsp3) is 0.121. The van der Waals surface area contributed by atoms with E-state index in [1.54, 1.807) is 8.67 Å². The summed E-state index contributed by atoms with van der Waals surface area (Å²) in [4.78, 5) is 10.5. The Balaban J connectivity index is 1.04. The molecule has 0 saturated carbocycles. The zero-order valence-electron chi connectivity index (χ0n) is 42.0. The Bertz CT molecular complexity index is 3650. The molecular weight excluding hydrogens is 949 g/mol. The van der Waals surface area contributed by atoms with Crippen LogP contribution in [-0.2, 0) is 10.8 Å². The first-order chi connectivity index (χ1) is 35.5. The molecule has 0 unspecified atom stereocenters. The van der Waals surface area contributed by atoms with Crippen molar-refractivity contribution in [2.24, 2.45) is 0 Å². The zero-order chi connectivity index (χ0) is 49.1. The molecule has 5 aliphatic heterocycles. The molecule has 0 amide bonds. The summed E-state index contributed by atoms with van der Waals surface area (Å²) in [6, 6.07) is 78.6. The second kappa shape index (κ2) is 15.4. The van der Waals surface area contributed by atoms with Gasteiger partial charge in [0.2, 0.25) is 0 Å². The molecule has 1 aromatic heterocycles. The Kier molecular flexibility index (Phi) is 9.07. The molecule has 7 heteroatoms. The van der Waals surface area contributed by atoms with E-state index < -0.39 is 0 Å². The van der Waals surface area contributed by atoms with Crippen LogP contribution in [0.4, 0.5) is 68.2 Å². The molecule has 10 aromatic rings. The Labute approximate surface area is 435 Å². The van der Waals surface area contributed by atoms with Crippen LogP contribution in [0.25, 0.3) is 22.3 Å². The Morgan fingerprint density at radius 1 is 0.315 bits per heavy atom. The minimum atomic E-state index is -0.0219. The van der Waals surface area contributed by atoms with Crippen molar-refractivity contribution in [2.75, 3.05) is 19.6 Å². The Hall–Kier alpha value is -7.69. The maximum absolute atomic E-state index is 2.70. The van der Waals surface area contributed by atoms with E-state index in [0.717, 1.165) is 0 Å². The van der Waals surface area contributed by atoms with E-state index in [2.05, 4.69) is 267 Å². The quantitative estimate of drug-likeness (QED) is 0.163. The summed E-state index contributed by atoms with van der Waals surface area (Å²) in [5.74, 6) is 0. The van der Waals surface area contributed by atoms with Gasteiger partial charge < -0.3 is 0 Å². The van der Waals surface area contributed by atoms with E-state index in [-0.39, 0.29) is 38.8 Å². The average molecular weight is 1000 g/mol. The van der Waals surface area contributed by atoms with Crippen LogP contribution in [0.1, 0.15) is 52.7 Å². The predicted molar refractivity (Wildman–Crippen MR) is 313 cm³/mol. The van der Waals surface area contributed by atoms with Gasteiger partial charge >= 0.3 is 438 Å². The van der Waals surface area contributed by atoms with Gasteiger partial charge in [-0.1, -0.05) is 0 Å². The van der Waals surface area contributed by atoms with Gasteiger partial charge in [-0.05, 0) is 0 Å². The molecule has 0 N–H and O–H groups in total. The molecule has 348 valence electrons. The number of nitrogens with zero attached hydrogens (tertiary/aromatic N) is 4. The predicted octanol–water partition coefficient (Wildman–Crippen LogP) is 13.2. The zero-order valence-corrected chi connectivity index (χ0v) is 43.7. The van der Waals surface area contributed by atoms with Crippen LogP contribution in [0.15, 0.2) is 206 Å². The van der Waals surface area contributed by atoms with Gasteiger partial charge in [0.1, 0.15) is 0 Å². The summed E-state index contributed by atoms with van der Waals surface area (Å²) in [5, 5.41) is 0. The van der Waals surface area contributed by atoms with Gasteiger partial charge in [-0.2, -0.15) is 0 Å². The van der Waals surface area contributed by atoms with E-state index in [1.807, 2.05) is 0 Å². The van der Waals surface area contributed by atoms with Crippen LogP contribution in [0, 0.1) is 0 Å². The number of rotatable bonds is 4.